The lowest BCUT2D eigenvalue weighted by Crippen LogP contribution is -2.26. The smallest absolute Gasteiger partial charge is 0.406 e. The molecule has 0 unspecified atom stereocenters. The van der Waals surface area contributed by atoms with Crippen LogP contribution in [0.3, 0.4) is 0 Å². The summed E-state index contributed by atoms with van der Waals surface area (Å²) in [5.74, 6) is -0.201. The van der Waals surface area contributed by atoms with E-state index in [1.54, 1.807) is 18.2 Å². The molecule has 0 atom stereocenters. The monoisotopic (exact) mass is 356 g/mol. The molecule has 2 aromatic rings. The molecule has 0 spiro atoms. The quantitative estimate of drug-likeness (QED) is 0.767. The topological polar surface area (TPSA) is 15.7 Å². The number of likely N-dealkylation sites (N-methyl/N-ethyl adjacent to an activating group) is 1. The van der Waals surface area contributed by atoms with E-state index in [2.05, 4.69) is 14.5 Å². The van der Waals surface area contributed by atoms with Gasteiger partial charge in [-0.2, -0.15) is 0 Å². The SMILES string of the molecule is CN1CCN(c2ccc(Cl)cc2)c2ccc(OC(F)(F)F)cc2C1. The Kier molecular flexibility index (Phi) is 4.60. The molecule has 1 heterocycles. The van der Waals surface area contributed by atoms with E-state index >= 15 is 0 Å². The Morgan fingerprint density at radius 1 is 1.04 bits per heavy atom. The molecule has 0 saturated carbocycles. The van der Waals surface area contributed by atoms with Gasteiger partial charge in [0.2, 0.25) is 0 Å². The van der Waals surface area contributed by atoms with E-state index in [0.717, 1.165) is 30.0 Å². The molecular weight excluding hydrogens is 341 g/mol. The second kappa shape index (κ2) is 6.53. The van der Waals surface area contributed by atoms with Crippen LogP contribution in [0.15, 0.2) is 42.5 Å². The number of nitrogens with zero attached hydrogens (tertiary/aromatic N) is 2. The highest BCUT2D eigenvalue weighted by Crippen LogP contribution is 2.35. The summed E-state index contributed by atoms with van der Waals surface area (Å²) in [4.78, 5) is 4.14. The second-order valence-electron chi connectivity index (χ2n) is 5.70. The number of fused-ring (bicyclic) bond motifs is 1. The van der Waals surface area contributed by atoms with E-state index in [4.69, 9.17) is 11.6 Å². The molecule has 0 amide bonds. The molecule has 0 fully saturated rings. The zero-order valence-electron chi connectivity index (χ0n) is 13.0. The predicted molar refractivity (Wildman–Crippen MR) is 87.9 cm³/mol. The van der Waals surface area contributed by atoms with Crippen LogP contribution in [0.2, 0.25) is 5.02 Å². The van der Waals surface area contributed by atoms with Crippen molar-refractivity contribution in [2.45, 2.75) is 12.9 Å². The number of hydrogen-bond acceptors (Lipinski definition) is 3. The van der Waals surface area contributed by atoms with Crippen LogP contribution < -0.4 is 9.64 Å². The Morgan fingerprint density at radius 3 is 2.42 bits per heavy atom. The minimum atomic E-state index is -4.69. The molecule has 2 aromatic carbocycles. The number of halogens is 4. The van der Waals surface area contributed by atoms with Crippen molar-refractivity contribution in [2.24, 2.45) is 0 Å². The van der Waals surface area contributed by atoms with Gasteiger partial charge in [-0.05, 0) is 55.1 Å². The van der Waals surface area contributed by atoms with Crippen LogP contribution in [0, 0.1) is 0 Å². The summed E-state index contributed by atoms with van der Waals surface area (Å²) in [6, 6.07) is 11.9. The summed E-state index contributed by atoms with van der Waals surface area (Å²) in [5.41, 5.74) is 2.60. The molecule has 128 valence electrons. The molecule has 0 radical (unpaired) electrons. The van der Waals surface area contributed by atoms with E-state index in [1.165, 1.54) is 12.1 Å². The van der Waals surface area contributed by atoms with Crippen LogP contribution >= 0.6 is 11.6 Å². The van der Waals surface area contributed by atoms with Crippen molar-refractivity contribution in [1.82, 2.24) is 4.90 Å². The molecule has 1 aliphatic rings. The molecule has 0 N–H and O–H groups in total. The summed E-state index contributed by atoms with van der Waals surface area (Å²) < 4.78 is 41.4. The second-order valence-corrected chi connectivity index (χ2v) is 6.14. The Hall–Kier alpha value is -1.92. The number of anilines is 2. The molecule has 0 aliphatic carbocycles. The van der Waals surface area contributed by atoms with Crippen LogP contribution in [0.1, 0.15) is 5.56 Å². The summed E-state index contributed by atoms with van der Waals surface area (Å²) in [6.07, 6.45) is -4.69. The Bertz CT molecular complexity index is 719. The van der Waals surface area contributed by atoms with Crippen molar-refractivity contribution in [3.8, 4) is 5.75 Å². The molecule has 7 heteroatoms. The van der Waals surface area contributed by atoms with E-state index < -0.39 is 6.36 Å². The summed E-state index contributed by atoms with van der Waals surface area (Å²) in [5, 5.41) is 0.639. The lowest BCUT2D eigenvalue weighted by Gasteiger charge is -2.25. The van der Waals surface area contributed by atoms with Gasteiger partial charge in [0, 0.05) is 36.0 Å². The van der Waals surface area contributed by atoms with Gasteiger partial charge in [0.15, 0.2) is 0 Å². The lowest BCUT2D eigenvalue weighted by molar-refractivity contribution is -0.274. The maximum Gasteiger partial charge on any atom is 0.573 e. The Labute approximate surface area is 143 Å². The van der Waals surface area contributed by atoms with Gasteiger partial charge in [0.25, 0.3) is 0 Å². The minimum Gasteiger partial charge on any atom is -0.406 e. The average molecular weight is 357 g/mol. The maximum atomic E-state index is 12.5. The van der Waals surface area contributed by atoms with Gasteiger partial charge < -0.3 is 14.5 Å². The van der Waals surface area contributed by atoms with Gasteiger partial charge in [-0.3, -0.25) is 0 Å². The van der Waals surface area contributed by atoms with E-state index in [0.29, 0.717) is 11.6 Å². The first-order valence-electron chi connectivity index (χ1n) is 7.42. The molecule has 1 aliphatic heterocycles. The highest BCUT2D eigenvalue weighted by Gasteiger charge is 2.31. The molecule has 0 aromatic heterocycles. The van der Waals surface area contributed by atoms with E-state index in [9.17, 15) is 13.2 Å². The van der Waals surface area contributed by atoms with Gasteiger partial charge in [-0.15, -0.1) is 13.2 Å². The number of ether oxygens (including phenoxy) is 1. The zero-order chi connectivity index (χ0) is 17.3. The molecule has 3 rings (SSSR count). The van der Waals surface area contributed by atoms with Crippen LogP contribution in [-0.2, 0) is 6.54 Å². The standard InChI is InChI=1S/C17H16ClF3N2O/c1-22-8-9-23(14-4-2-13(18)3-5-14)16-7-6-15(10-12(16)11-22)24-17(19,20)21/h2-7,10H,8-9,11H2,1H3. The molecule has 24 heavy (non-hydrogen) atoms. The largest absolute Gasteiger partial charge is 0.573 e. The van der Waals surface area contributed by atoms with Crippen LogP contribution in [0.4, 0.5) is 24.5 Å². The van der Waals surface area contributed by atoms with E-state index in [1.807, 2.05) is 19.2 Å². The average Bonchev–Trinajstić information content (AvgIpc) is 2.64. The molecule has 0 saturated heterocycles. The van der Waals surface area contributed by atoms with Crippen molar-refractivity contribution >= 4 is 23.0 Å². The fourth-order valence-electron chi connectivity index (χ4n) is 2.80. The van der Waals surface area contributed by atoms with Crippen molar-refractivity contribution in [3.63, 3.8) is 0 Å². The fraction of sp³-hybridized carbons (Fsp3) is 0.294. The van der Waals surface area contributed by atoms with Gasteiger partial charge in [-0.25, -0.2) is 0 Å². The van der Waals surface area contributed by atoms with Gasteiger partial charge >= 0.3 is 6.36 Å². The summed E-state index contributed by atoms with van der Waals surface area (Å²) in [7, 11) is 1.94. The molecule has 0 bridgehead atoms. The Balaban J connectivity index is 1.99. The normalized spacial score (nSPS) is 15.8. The highest BCUT2D eigenvalue weighted by atomic mass is 35.5. The van der Waals surface area contributed by atoms with E-state index in [-0.39, 0.29) is 5.75 Å². The number of rotatable bonds is 2. The van der Waals surface area contributed by atoms with Gasteiger partial charge in [0.1, 0.15) is 5.75 Å². The van der Waals surface area contributed by atoms with Gasteiger partial charge in [-0.1, -0.05) is 11.6 Å². The van der Waals surface area contributed by atoms with Crippen LogP contribution in [0.25, 0.3) is 0 Å². The third kappa shape index (κ3) is 3.94. The van der Waals surface area contributed by atoms with Crippen LogP contribution in [0.5, 0.6) is 5.75 Å². The number of alkyl halides is 3. The van der Waals surface area contributed by atoms with Crippen molar-refractivity contribution < 1.29 is 17.9 Å². The number of hydrogen-bond donors (Lipinski definition) is 0. The fourth-order valence-corrected chi connectivity index (χ4v) is 2.93. The maximum absolute atomic E-state index is 12.5. The third-order valence-electron chi connectivity index (χ3n) is 3.86. The first kappa shape index (κ1) is 16.9. The molecular formula is C17H16ClF3N2O. The Morgan fingerprint density at radius 2 is 1.75 bits per heavy atom. The van der Waals surface area contributed by atoms with Gasteiger partial charge in [0.05, 0.1) is 0 Å². The third-order valence-corrected chi connectivity index (χ3v) is 4.11. The van der Waals surface area contributed by atoms with Crippen molar-refractivity contribution in [2.75, 3.05) is 25.0 Å². The highest BCUT2D eigenvalue weighted by molar-refractivity contribution is 6.30. The summed E-state index contributed by atoms with van der Waals surface area (Å²) in [6.45, 7) is 2.06. The van der Waals surface area contributed by atoms with Crippen molar-refractivity contribution in [1.29, 1.82) is 0 Å². The van der Waals surface area contributed by atoms with Crippen LogP contribution in [-0.4, -0.2) is 31.4 Å². The first-order chi connectivity index (χ1) is 11.3. The minimum absolute atomic E-state index is 0.201. The predicted octanol–water partition coefficient (Wildman–Crippen LogP) is 4.82. The van der Waals surface area contributed by atoms with Crippen molar-refractivity contribution in [3.05, 3.63) is 53.1 Å². The molecule has 3 nitrogen and oxygen atoms in total. The lowest BCUT2D eigenvalue weighted by atomic mass is 10.1. The number of benzene rings is 2. The first-order valence-corrected chi connectivity index (χ1v) is 7.80. The summed E-state index contributed by atoms with van der Waals surface area (Å²) >= 11 is 5.94. The zero-order valence-corrected chi connectivity index (χ0v) is 13.7.